The van der Waals surface area contributed by atoms with Gasteiger partial charge in [0, 0.05) is 25.4 Å². The van der Waals surface area contributed by atoms with Gasteiger partial charge in [-0.3, -0.25) is 9.78 Å². The van der Waals surface area contributed by atoms with E-state index in [-0.39, 0.29) is 5.97 Å². The van der Waals surface area contributed by atoms with Gasteiger partial charge in [0.2, 0.25) is 0 Å². The van der Waals surface area contributed by atoms with Gasteiger partial charge >= 0.3 is 5.97 Å². The molecule has 0 aliphatic heterocycles. The monoisotopic (exact) mass is 222 g/mol. The molecule has 0 atom stereocenters. The Morgan fingerprint density at radius 3 is 3.06 bits per heavy atom. The molecule has 0 spiro atoms. The van der Waals surface area contributed by atoms with Gasteiger partial charge in [0.25, 0.3) is 0 Å². The van der Waals surface area contributed by atoms with Crippen LogP contribution in [0.3, 0.4) is 0 Å². The number of pyridine rings is 1. The minimum atomic E-state index is -0.153. The summed E-state index contributed by atoms with van der Waals surface area (Å²) in [7, 11) is 1.41. The lowest BCUT2D eigenvalue weighted by molar-refractivity contribution is -0.140. The number of methoxy groups -OCH3 is 1. The fourth-order valence-electron chi connectivity index (χ4n) is 1.36. The molecule has 4 nitrogen and oxygen atoms in total. The van der Waals surface area contributed by atoms with Gasteiger partial charge in [-0.1, -0.05) is 0 Å². The second-order valence-electron chi connectivity index (χ2n) is 3.66. The van der Waals surface area contributed by atoms with E-state index in [1.54, 1.807) is 6.20 Å². The molecule has 0 radical (unpaired) electrons. The summed E-state index contributed by atoms with van der Waals surface area (Å²) in [4.78, 5) is 14.9. The molecule has 4 heteroatoms. The summed E-state index contributed by atoms with van der Waals surface area (Å²) in [6.45, 7) is 3.66. The molecule has 0 bridgehead atoms. The van der Waals surface area contributed by atoms with E-state index in [1.807, 2.05) is 12.3 Å². The van der Waals surface area contributed by atoms with Gasteiger partial charge in [0.1, 0.15) is 0 Å². The van der Waals surface area contributed by atoms with Crippen molar-refractivity contribution < 1.29 is 9.53 Å². The maximum atomic E-state index is 10.8. The molecule has 1 aromatic rings. The highest BCUT2D eigenvalue weighted by atomic mass is 16.5. The Kier molecular flexibility index (Phi) is 5.50. The lowest BCUT2D eigenvalue weighted by atomic mass is 10.1. The average molecular weight is 222 g/mol. The molecule has 0 amide bonds. The van der Waals surface area contributed by atoms with E-state index in [0.717, 1.165) is 19.5 Å². The summed E-state index contributed by atoms with van der Waals surface area (Å²) in [6, 6.07) is 1.99. The van der Waals surface area contributed by atoms with Crippen LogP contribution in [0, 0.1) is 6.92 Å². The highest BCUT2D eigenvalue weighted by Gasteiger charge is 2.00. The lowest BCUT2D eigenvalue weighted by Gasteiger charge is -2.06. The zero-order valence-corrected chi connectivity index (χ0v) is 9.82. The van der Waals surface area contributed by atoms with Crippen LogP contribution in [0.2, 0.25) is 0 Å². The number of hydrogen-bond acceptors (Lipinski definition) is 4. The van der Waals surface area contributed by atoms with E-state index in [2.05, 4.69) is 22.0 Å². The van der Waals surface area contributed by atoms with E-state index in [4.69, 9.17) is 0 Å². The van der Waals surface area contributed by atoms with Crippen LogP contribution in [0.25, 0.3) is 0 Å². The normalized spacial score (nSPS) is 10.1. The van der Waals surface area contributed by atoms with Gasteiger partial charge in [-0.15, -0.1) is 0 Å². The molecule has 0 saturated heterocycles. The highest BCUT2D eigenvalue weighted by molar-refractivity contribution is 5.69. The molecular formula is C12H18N2O2. The summed E-state index contributed by atoms with van der Waals surface area (Å²) in [5.74, 6) is -0.153. The maximum absolute atomic E-state index is 10.8. The third-order valence-corrected chi connectivity index (χ3v) is 2.43. The quantitative estimate of drug-likeness (QED) is 0.584. The number of rotatable bonds is 6. The number of esters is 1. The van der Waals surface area contributed by atoms with E-state index < -0.39 is 0 Å². The molecule has 1 heterocycles. The molecule has 0 aromatic carbocycles. The van der Waals surface area contributed by atoms with Crippen LogP contribution in [0.5, 0.6) is 0 Å². The van der Waals surface area contributed by atoms with Crippen LogP contribution in [-0.2, 0) is 16.1 Å². The predicted octanol–water partition coefficient (Wildman–Crippen LogP) is 1.43. The molecule has 1 N–H and O–H groups in total. The first-order chi connectivity index (χ1) is 7.74. The highest BCUT2D eigenvalue weighted by Crippen LogP contribution is 2.03. The smallest absolute Gasteiger partial charge is 0.305 e. The van der Waals surface area contributed by atoms with Gasteiger partial charge in [0.05, 0.1) is 7.11 Å². The molecule has 88 valence electrons. The summed E-state index contributed by atoms with van der Waals surface area (Å²) >= 11 is 0. The first-order valence-electron chi connectivity index (χ1n) is 5.41. The molecule has 0 aliphatic carbocycles. The zero-order chi connectivity index (χ0) is 11.8. The van der Waals surface area contributed by atoms with Crippen molar-refractivity contribution in [2.45, 2.75) is 26.3 Å². The van der Waals surface area contributed by atoms with Crippen LogP contribution in [0.15, 0.2) is 18.5 Å². The lowest BCUT2D eigenvalue weighted by Crippen LogP contribution is -2.16. The van der Waals surface area contributed by atoms with Crippen molar-refractivity contribution in [2.75, 3.05) is 13.7 Å². The molecule has 0 aliphatic rings. The van der Waals surface area contributed by atoms with Crippen molar-refractivity contribution in [3.05, 3.63) is 29.6 Å². The van der Waals surface area contributed by atoms with E-state index in [0.29, 0.717) is 6.42 Å². The first kappa shape index (κ1) is 12.6. The Morgan fingerprint density at radius 2 is 2.38 bits per heavy atom. The van der Waals surface area contributed by atoms with Crippen molar-refractivity contribution in [2.24, 2.45) is 0 Å². The van der Waals surface area contributed by atoms with Gasteiger partial charge in [-0.25, -0.2) is 0 Å². The third kappa shape index (κ3) is 4.40. The van der Waals surface area contributed by atoms with Gasteiger partial charge < -0.3 is 10.1 Å². The van der Waals surface area contributed by atoms with Crippen LogP contribution < -0.4 is 5.32 Å². The van der Waals surface area contributed by atoms with E-state index in [1.165, 1.54) is 18.2 Å². The van der Waals surface area contributed by atoms with Crippen LogP contribution in [0.4, 0.5) is 0 Å². The molecule has 0 saturated carbocycles. The topological polar surface area (TPSA) is 51.2 Å². The Morgan fingerprint density at radius 1 is 1.56 bits per heavy atom. The first-order valence-corrected chi connectivity index (χ1v) is 5.41. The molecular weight excluding hydrogens is 204 g/mol. The maximum Gasteiger partial charge on any atom is 0.305 e. The fraction of sp³-hybridized carbons (Fsp3) is 0.500. The minimum Gasteiger partial charge on any atom is -0.469 e. The van der Waals surface area contributed by atoms with Gasteiger partial charge in [0.15, 0.2) is 0 Å². The van der Waals surface area contributed by atoms with Crippen molar-refractivity contribution >= 4 is 5.97 Å². The fourth-order valence-corrected chi connectivity index (χ4v) is 1.36. The number of carbonyl (C=O) groups excluding carboxylic acids is 1. The Labute approximate surface area is 96.0 Å². The summed E-state index contributed by atoms with van der Waals surface area (Å²) in [5, 5.41) is 3.27. The standard InChI is InChI=1S/C12H18N2O2/c1-10-5-7-14-9-11(10)8-13-6-3-4-12(15)16-2/h5,7,9,13H,3-4,6,8H2,1-2H3. The second kappa shape index (κ2) is 6.95. The Balaban J connectivity index is 2.17. The van der Waals surface area contributed by atoms with E-state index >= 15 is 0 Å². The van der Waals surface area contributed by atoms with Crippen LogP contribution in [-0.4, -0.2) is 24.6 Å². The molecule has 0 fully saturated rings. The Hall–Kier alpha value is -1.42. The Bertz CT molecular complexity index is 340. The van der Waals surface area contributed by atoms with Crippen LogP contribution in [0.1, 0.15) is 24.0 Å². The molecule has 0 unspecified atom stereocenters. The molecule has 1 rings (SSSR count). The SMILES string of the molecule is COC(=O)CCCNCc1cnccc1C. The van der Waals surface area contributed by atoms with Crippen molar-refractivity contribution in [3.63, 3.8) is 0 Å². The number of aryl methyl sites for hydroxylation is 1. The third-order valence-electron chi connectivity index (χ3n) is 2.43. The van der Waals surface area contributed by atoms with Gasteiger partial charge in [-0.05, 0) is 37.1 Å². The second-order valence-corrected chi connectivity index (χ2v) is 3.66. The number of hydrogen-bond donors (Lipinski definition) is 1. The number of carbonyl (C=O) groups is 1. The number of nitrogens with zero attached hydrogens (tertiary/aromatic N) is 1. The van der Waals surface area contributed by atoms with Crippen molar-refractivity contribution in [1.82, 2.24) is 10.3 Å². The van der Waals surface area contributed by atoms with Crippen molar-refractivity contribution in [1.29, 1.82) is 0 Å². The van der Waals surface area contributed by atoms with Gasteiger partial charge in [-0.2, -0.15) is 0 Å². The average Bonchev–Trinajstić information content (AvgIpc) is 2.30. The number of nitrogens with one attached hydrogen (secondary N) is 1. The predicted molar refractivity (Wildman–Crippen MR) is 61.9 cm³/mol. The number of aromatic nitrogens is 1. The molecule has 1 aromatic heterocycles. The van der Waals surface area contributed by atoms with Crippen molar-refractivity contribution in [3.8, 4) is 0 Å². The van der Waals surface area contributed by atoms with E-state index in [9.17, 15) is 4.79 Å². The zero-order valence-electron chi connectivity index (χ0n) is 9.82. The summed E-state index contributed by atoms with van der Waals surface area (Å²) in [5.41, 5.74) is 2.43. The summed E-state index contributed by atoms with van der Waals surface area (Å²) in [6.07, 6.45) is 4.92. The minimum absolute atomic E-state index is 0.153. The number of ether oxygens (including phenoxy) is 1. The summed E-state index contributed by atoms with van der Waals surface area (Å²) < 4.78 is 4.56. The largest absolute Gasteiger partial charge is 0.469 e. The molecule has 16 heavy (non-hydrogen) atoms. The van der Waals surface area contributed by atoms with Crippen LogP contribution >= 0.6 is 0 Å².